The third-order valence-corrected chi connectivity index (χ3v) is 1.26. The van der Waals surface area contributed by atoms with Crippen LogP contribution >= 0.6 is 0 Å². The van der Waals surface area contributed by atoms with Crippen molar-refractivity contribution >= 4 is 6.03 Å². The van der Waals surface area contributed by atoms with Crippen LogP contribution in [-0.2, 0) is 0 Å². The van der Waals surface area contributed by atoms with Crippen molar-refractivity contribution in [3.63, 3.8) is 0 Å². The Labute approximate surface area is 73.6 Å². The predicted molar refractivity (Wildman–Crippen MR) is 48.0 cm³/mol. The number of urea groups is 1. The minimum Gasteiger partial charge on any atom is -0.395 e. The molecule has 72 valence electrons. The summed E-state index contributed by atoms with van der Waals surface area (Å²) in [7, 11) is 1.65. The van der Waals surface area contributed by atoms with E-state index in [1.54, 1.807) is 7.05 Å². The fourth-order valence-electron chi connectivity index (χ4n) is 0.668. The van der Waals surface area contributed by atoms with Crippen LogP contribution in [0.2, 0.25) is 0 Å². The minimum atomic E-state index is -0.221. The van der Waals surface area contributed by atoms with E-state index in [1.807, 2.05) is 20.8 Å². The Bertz CT molecular complexity index is 152. The Hall–Kier alpha value is -0.770. The summed E-state index contributed by atoms with van der Waals surface area (Å²) in [6.07, 6.45) is 0. The van der Waals surface area contributed by atoms with Crippen molar-refractivity contribution in [3.05, 3.63) is 0 Å². The van der Waals surface area contributed by atoms with Crippen LogP contribution in [0.4, 0.5) is 4.79 Å². The largest absolute Gasteiger partial charge is 0.395 e. The molecule has 0 heterocycles. The SMILES string of the molecule is CN(CCO)C(=O)NC(C)(C)C. The molecule has 0 aliphatic rings. The van der Waals surface area contributed by atoms with Gasteiger partial charge in [0.1, 0.15) is 0 Å². The van der Waals surface area contributed by atoms with Crippen LogP contribution in [0.15, 0.2) is 0 Å². The van der Waals surface area contributed by atoms with Gasteiger partial charge in [0.2, 0.25) is 0 Å². The van der Waals surface area contributed by atoms with Gasteiger partial charge in [-0.3, -0.25) is 0 Å². The standard InChI is InChI=1S/C8H18N2O2/c1-8(2,3)9-7(12)10(4)5-6-11/h11H,5-6H2,1-4H3,(H,9,12). The lowest BCUT2D eigenvalue weighted by Crippen LogP contribution is -2.47. The lowest BCUT2D eigenvalue weighted by Gasteiger charge is -2.25. The number of aliphatic hydroxyl groups is 1. The molecule has 0 saturated carbocycles. The van der Waals surface area contributed by atoms with Crippen LogP contribution in [0.3, 0.4) is 0 Å². The molecule has 0 radical (unpaired) electrons. The summed E-state index contributed by atoms with van der Waals surface area (Å²) in [5, 5.41) is 11.3. The Kier molecular flexibility index (Phi) is 4.03. The smallest absolute Gasteiger partial charge is 0.317 e. The predicted octanol–water partition coefficient (Wildman–Crippen LogP) is 0.419. The quantitative estimate of drug-likeness (QED) is 0.637. The average molecular weight is 174 g/mol. The van der Waals surface area contributed by atoms with E-state index in [2.05, 4.69) is 5.32 Å². The van der Waals surface area contributed by atoms with Crippen molar-refractivity contribution in [1.29, 1.82) is 0 Å². The van der Waals surface area contributed by atoms with Gasteiger partial charge in [-0.2, -0.15) is 0 Å². The second-order valence-electron chi connectivity index (χ2n) is 3.83. The lowest BCUT2D eigenvalue weighted by molar-refractivity contribution is 0.183. The summed E-state index contributed by atoms with van der Waals surface area (Å²) in [4.78, 5) is 12.7. The summed E-state index contributed by atoms with van der Waals surface area (Å²) < 4.78 is 0. The zero-order valence-electron chi connectivity index (χ0n) is 8.22. The number of carbonyl (C=O) groups is 1. The van der Waals surface area contributed by atoms with Gasteiger partial charge in [0.25, 0.3) is 0 Å². The van der Waals surface area contributed by atoms with Gasteiger partial charge in [-0.25, -0.2) is 4.79 Å². The van der Waals surface area contributed by atoms with Crippen molar-refractivity contribution < 1.29 is 9.90 Å². The number of amides is 2. The van der Waals surface area contributed by atoms with Gasteiger partial charge in [-0.15, -0.1) is 0 Å². The van der Waals surface area contributed by atoms with Crippen molar-refractivity contribution in [1.82, 2.24) is 10.2 Å². The highest BCUT2D eigenvalue weighted by Crippen LogP contribution is 1.99. The lowest BCUT2D eigenvalue weighted by atomic mass is 10.1. The highest BCUT2D eigenvalue weighted by Gasteiger charge is 2.15. The van der Waals surface area contributed by atoms with Gasteiger partial charge >= 0.3 is 6.03 Å². The summed E-state index contributed by atoms with van der Waals surface area (Å²) in [5.41, 5.74) is -0.221. The van der Waals surface area contributed by atoms with E-state index < -0.39 is 0 Å². The molecule has 0 aromatic carbocycles. The van der Waals surface area contributed by atoms with E-state index in [1.165, 1.54) is 4.90 Å². The second kappa shape index (κ2) is 4.30. The number of nitrogens with zero attached hydrogens (tertiary/aromatic N) is 1. The van der Waals surface area contributed by atoms with Gasteiger partial charge in [0.05, 0.1) is 6.61 Å². The summed E-state index contributed by atoms with van der Waals surface area (Å²) in [6, 6.07) is -0.156. The molecule has 0 aromatic heterocycles. The maximum atomic E-state index is 11.3. The molecule has 0 saturated heterocycles. The molecule has 12 heavy (non-hydrogen) atoms. The number of rotatable bonds is 2. The molecule has 0 spiro atoms. The first kappa shape index (κ1) is 11.2. The highest BCUT2D eigenvalue weighted by atomic mass is 16.3. The molecule has 0 aromatic rings. The van der Waals surface area contributed by atoms with E-state index in [9.17, 15) is 4.79 Å². The molecule has 0 unspecified atom stereocenters. The van der Waals surface area contributed by atoms with Gasteiger partial charge < -0.3 is 15.3 Å². The third kappa shape index (κ3) is 4.96. The van der Waals surface area contributed by atoms with Gasteiger partial charge in [-0.05, 0) is 20.8 Å². The normalized spacial score (nSPS) is 11.1. The van der Waals surface area contributed by atoms with E-state index in [0.717, 1.165) is 0 Å². The molecule has 2 N–H and O–H groups in total. The number of carbonyl (C=O) groups excluding carboxylic acids is 1. The topological polar surface area (TPSA) is 52.6 Å². The Morgan fingerprint density at radius 2 is 2.00 bits per heavy atom. The van der Waals surface area contributed by atoms with Crippen LogP contribution in [0.1, 0.15) is 20.8 Å². The molecule has 0 atom stereocenters. The van der Waals surface area contributed by atoms with Crippen molar-refractivity contribution in [2.24, 2.45) is 0 Å². The molecular formula is C8H18N2O2. The van der Waals surface area contributed by atoms with Gasteiger partial charge in [-0.1, -0.05) is 0 Å². The van der Waals surface area contributed by atoms with E-state index in [0.29, 0.717) is 6.54 Å². The van der Waals surface area contributed by atoms with Gasteiger partial charge in [0.15, 0.2) is 0 Å². The van der Waals surface area contributed by atoms with E-state index >= 15 is 0 Å². The number of aliphatic hydroxyl groups excluding tert-OH is 1. The van der Waals surface area contributed by atoms with Crippen LogP contribution in [0, 0.1) is 0 Å². The number of hydrogen-bond acceptors (Lipinski definition) is 2. The van der Waals surface area contributed by atoms with E-state index in [4.69, 9.17) is 5.11 Å². The molecule has 0 aliphatic carbocycles. The van der Waals surface area contributed by atoms with Crippen LogP contribution in [0.25, 0.3) is 0 Å². The van der Waals surface area contributed by atoms with Crippen LogP contribution < -0.4 is 5.32 Å². The monoisotopic (exact) mass is 174 g/mol. The molecule has 0 fully saturated rings. The fraction of sp³-hybridized carbons (Fsp3) is 0.875. The van der Waals surface area contributed by atoms with Crippen molar-refractivity contribution in [2.45, 2.75) is 26.3 Å². The fourth-order valence-corrected chi connectivity index (χ4v) is 0.668. The second-order valence-corrected chi connectivity index (χ2v) is 3.83. The van der Waals surface area contributed by atoms with E-state index in [-0.39, 0.29) is 18.2 Å². The van der Waals surface area contributed by atoms with Crippen LogP contribution in [0.5, 0.6) is 0 Å². The Morgan fingerprint density at radius 1 is 1.50 bits per heavy atom. The number of likely N-dealkylation sites (N-methyl/N-ethyl adjacent to an activating group) is 1. The summed E-state index contributed by atoms with van der Waals surface area (Å²) in [6.45, 7) is 6.10. The summed E-state index contributed by atoms with van der Waals surface area (Å²) >= 11 is 0. The first-order valence-electron chi connectivity index (χ1n) is 4.01. The van der Waals surface area contributed by atoms with Crippen molar-refractivity contribution in [2.75, 3.05) is 20.2 Å². The Morgan fingerprint density at radius 3 is 2.33 bits per heavy atom. The molecule has 0 aliphatic heterocycles. The minimum absolute atomic E-state index is 0.00589. The number of nitrogens with one attached hydrogen (secondary N) is 1. The molecule has 0 bridgehead atoms. The number of hydrogen-bond donors (Lipinski definition) is 2. The molecule has 0 rings (SSSR count). The maximum absolute atomic E-state index is 11.3. The zero-order valence-corrected chi connectivity index (χ0v) is 8.22. The highest BCUT2D eigenvalue weighted by molar-refractivity contribution is 5.74. The summed E-state index contributed by atoms with van der Waals surface area (Å²) in [5.74, 6) is 0. The average Bonchev–Trinajstić information content (AvgIpc) is 1.84. The van der Waals surface area contributed by atoms with Crippen molar-refractivity contribution in [3.8, 4) is 0 Å². The molecule has 4 nitrogen and oxygen atoms in total. The first-order valence-corrected chi connectivity index (χ1v) is 4.01. The van der Waals surface area contributed by atoms with Crippen LogP contribution in [-0.4, -0.2) is 41.8 Å². The maximum Gasteiger partial charge on any atom is 0.317 e. The zero-order chi connectivity index (χ0) is 9.78. The Balaban J connectivity index is 3.87. The molecular weight excluding hydrogens is 156 g/mol. The van der Waals surface area contributed by atoms with Gasteiger partial charge in [0, 0.05) is 19.1 Å². The molecule has 4 heteroatoms. The first-order chi connectivity index (χ1) is 5.37. The molecule has 2 amide bonds. The third-order valence-electron chi connectivity index (χ3n) is 1.26.